The smallest absolute Gasteiger partial charge is 0.307 e. The first kappa shape index (κ1) is 14.0. The summed E-state index contributed by atoms with van der Waals surface area (Å²) in [6, 6.07) is 3.68. The Morgan fingerprint density at radius 2 is 1.88 bits per heavy atom. The minimum Gasteiger partial charge on any atom is -0.488 e. The molecule has 6 heteroatoms. The number of benzene rings is 1. The highest BCUT2D eigenvalue weighted by molar-refractivity contribution is 9.11. The minimum absolute atomic E-state index is 0.0328. The molecule has 0 aliphatic rings. The van der Waals surface area contributed by atoms with E-state index < -0.39 is 5.97 Å². The molecule has 88 valence electrons. The number of aliphatic carboxylic acids is 1. The number of rotatable bonds is 4. The van der Waals surface area contributed by atoms with Crippen LogP contribution in [0, 0.1) is 0 Å². The van der Waals surface area contributed by atoms with Crippen LogP contribution in [0.1, 0.15) is 13.3 Å². The predicted molar refractivity (Wildman–Crippen MR) is 71.9 cm³/mol. The Balaban J connectivity index is 2.85. The fraction of sp³-hybridized carbons (Fsp3) is 0.300. The molecule has 0 aliphatic heterocycles. The topological polar surface area (TPSA) is 46.5 Å². The summed E-state index contributed by atoms with van der Waals surface area (Å²) in [6.45, 7) is 1.72. The molecule has 0 fully saturated rings. The molecular formula is C10H9Br3O3. The van der Waals surface area contributed by atoms with E-state index in [1.165, 1.54) is 0 Å². The molecular weight excluding hydrogens is 408 g/mol. The third-order valence-corrected chi connectivity index (χ3v) is 3.38. The summed E-state index contributed by atoms with van der Waals surface area (Å²) in [7, 11) is 0. The van der Waals surface area contributed by atoms with Crippen LogP contribution in [0.25, 0.3) is 0 Å². The molecule has 3 nitrogen and oxygen atoms in total. The van der Waals surface area contributed by atoms with E-state index >= 15 is 0 Å². The van der Waals surface area contributed by atoms with Gasteiger partial charge in [0.15, 0.2) is 0 Å². The van der Waals surface area contributed by atoms with Crippen LogP contribution in [0.4, 0.5) is 0 Å². The molecule has 0 amide bonds. The van der Waals surface area contributed by atoms with E-state index in [0.29, 0.717) is 5.75 Å². The van der Waals surface area contributed by atoms with Crippen LogP contribution in [0.2, 0.25) is 0 Å². The van der Waals surface area contributed by atoms with Gasteiger partial charge < -0.3 is 9.84 Å². The lowest BCUT2D eigenvalue weighted by Crippen LogP contribution is -2.17. The number of carbonyl (C=O) groups is 1. The van der Waals surface area contributed by atoms with Crippen molar-refractivity contribution < 1.29 is 14.6 Å². The molecule has 1 rings (SSSR count). The van der Waals surface area contributed by atoms with Crippen molar-refractivity contribution in [1.29, 1.82) is 0 Å². The van der Waals surface area contributed by atoms with Crippen LogP contribution in [0.5, 0.6) is 5.75 Å². The quantitative estimate of drug-likeness (QED) is 0.799. The van der Waals surface area contributed by atoms with Crippen molar-refractivity contribution in [2.75, 3.05) is 0 Å². The van der Waals surface area contributed by atoms with Crippen molar-refractivity contribution >= 4 is 53.8 Å². The van der Waals surface area contributed by atoms with Crippen molar-refractivity contribution in [2.24, 2.45) is 0 Å². The molecule has 1 aromatic carbocycles. The monoisotopic (exact) mass is 414 g/mol. The first-order valence-corrected chi connectivity index (χ1v) is 6.81. The zero-order valence-corrected chi connectivity index (χ0v) is 13.1. The van der Waals surface area contributed by atoms with Gasteiger partial charge in [0.1, 0.15) is 11.9 Å². The highest BCUT2D eigenvalue weighted by Crippen LogP contribution is 2.37. The summed E-state index contributed by atoms with van der Waals surface area (Å²) >= 11 is 10.1. The van der Waals surface area contributed by atoms with Crippen molar-refractivity contribution in [2.45, 2.75) is 19.4 Å². The number of hydrogen-bond donors (Lipinski definition) is 1. The summed E-state index contributed by atoms with van der Waals surface area (Å²) in [5.74, 6) is -0.270. The van der Waals surface area contributed by atoms with Crippen LogP contribution >= 0.6 is 47.8 Å². The summed E-state index contributed by atoms with van der Waals surface area (Å²) in [6.07, 6.45) is -0.416. The van der Waals surface area contributed by atoms with Gasteiger partial charge in [-0.3, -0.25) is 4.79 Å². The lowest BCUT2D eigenvalue weighted by atomic mass is 10.3. The Morgan fingerprint density at radius 1 is 1.38 bits per heavy atom. The lowest BCUT2D eigenvalue weighted by Gasteiger charge is -2.15. The SMILES string of the molecule is C[C@H](CC(=O)O)Oc1c(Br)cc(Br)cc1Br. The molecule has 1 N–H and O–H groups in total. The van der Waals surface area contributed by atoms with E-state index in [1.807, 2.05) is 12.1 Å². The molecule has 0 unspecified atom stereocenters. The Kier molecular flexibility index (Phi) is 5.27. The van der Waals surface area contributed by atoms with Gasteiger partial charge in [-0.15, -0.1) is 0 Å². The highest BCUT2D eigenvalue weighted by Gasteiger charge is 2.14. The van der Waals surface area contributed by atoms with Crippen molar-refractivity contribution in [1.82, 2.24) is 0 Å². The third kappa shape index (κ3) is 4.07. The van der Waals surface area contributed by atoms with Gasteiger partial charge >= 0.3 is 5.97 Å². The molecule has 1 aromatic rings. The van der Waals surface area contributed by atoms with Crippen LogP contribution < -0.4 is 4.74 Å². The fourth-order valence-corrected chi connectivity index (χ4v) is 3.58. The normalized spacial score (nSPS) is 12.2. The van der Waals surface area contributed by atoms with E-state index in [1.54, 1.807) is 6.92 Å². The van der Waals surface area contributed by atoms with Gasteiger partial charge in [-0.1, -0.05) is 15.9 Å². The van der Waals surface area contributed by atoms with Crippen LogP contribution in [-0.2, 0) is 4.79 Å². The minimum atomic E-state index is -0.878. The first-order chi connectivity index (χ1) is 7.40. The van der Waals surface area contributed by atoms with Crippen molar-refractivity contribution in [3.05, 3.63) is 25.6 Å². The van der Waals surface area contributed by atoms with E-state index in [4.69, 9.17) is 9.84 Å². The van der Waals surface area contributed by atoms with Crippen molar-refractivity contribution in [3.8, 4) is 5.75 Å². The summed E-state index contributed by atoms with van der Waals surface area (Å²) in [5.41, 5.74) is 0. The van der Waals surface area contributed by atoms with E-state index in [9.17, 15) is 4.79 Å². The van der Waals surface area contributed by atoms with Crippen molar-refractivity contribution in [3.63, 3.8) is 0 Å². The molecule has 0 heterocycles. The molecule has 0 saturated carbocycles. The molecule has 1 atom stereocenters. The molecule has 16 heavy (non-hydrogen) atoms. The van der Waals surface area contributed by atoms with Gasteiger partial charge in [-0.05, 0) is 50.9 Å². The Bertz CT molecular complexity index is 383. The zero-order valence-electron chi connectivity index (χ0n) is 8.34. The fourth-order valence-electron chi connectivity index (χ4n) is 1.13. The van der Waals surface area contributed by atoms with Gasteiger partial charge in [0, 0.05) is 4.47 Å². The largest absolute Gasteiger partial charge is 0.488 e. The maximum Gasteiger partial charge on any atom is 0.307 e. The van der Waals surface area contributed by atoms with Gasteiger partial charge in [0.2, 0.25) is 0 Å². The molecule has 0 aromatic heterocycles. The van der Waals surface area contributed by atoms with Gasteiger partial charge in [-0.25, -0.2) is 0 Å². The average molecular weight is 417 g/mol. The third-order valence-electron chi connectivity index (χ3n) is 1.74. The standard InChI is InChI=1S/C10H9Br3O3/c1-5(2-9(14)15)16-10-7(12)3-6(11)4-8(10)13/h3-5H,2H2,1H3,(H,14,15)/t5-/m1/s1. The molecule has 0 aliphatic carbocycles. The van der Waals surface area contributed by atoms with E-state index in [0.717, 1.165) is 13.4 Å². The number of carboxylic acid groups (broad SMARTS) is 1. The second kappa shape index (κ2) is 6.02. The number of hydrogen-bond acceptors (Lipinski definition) is 2. The molecule has 0 bridgehead atoms. The molecule has 0 saturated heterocycles. The average Bonchev–Trinajstić information content (AvgIpc) is 2.09. The van der Waals surface area contributed by atoms with E-state index in [2.05, 4.69) is 47.8 Å². The maximum atomic E-state index is 10.5. The second-order valence-corrected chi connectivity index (χ2v) is 5.85. The molecule has 0 spiro atoms. The van der Waals surface area contributed by atoms with E-state index in [-0.39, 0.29) is 12.5 Å². The second-order valence-electron chi connectivity index (χ2n) is 3.22. The van der Waals surface area contributed by atoms with Crippen LogP contribution in [0.3, 0.4) is 0 Å². The zero-order chi connectivity index (χ0) is 12.3. The lowest BCUT2D eigenvalue weighted by molar-refractivity contribution is -0.138. The predicted octanol–water partition coefficient (Wildman–Crippen LogP) is 4.22. The maximum absolute atomic E-state index is 10.5. The summed E-state index contributed by atoms with van der Waals surface area (Å²) < 4.78 is 7.99. The van der Waals surface area contributed by atoms with Gasteiger partial charge in [-0.2, -0.15) is 0 Å². The van der Waals surface area contributed by atoms with Crippen LogP contribution in [-0.4, -0.2) is 17.2 Å². The summed E-state index contributed by atoms with van der Waals surface area (Å²) in [5, 5.41) is 8.63. The Hall–Kier alpha value is -0.0700. The Labute approximate surface area is 119 Å². The number of ether oxygens (including phenoxy) is 1. The number of carboxylic acids is 1. The number of halogens is 3. The van der Waals surface area contributed by atoms with Gasteiger partial charge in [0.05, 0.1) is 15.4 Å². The Morgan fingerprint density at radius 3 is 2.31 bits per heavy atom. The van der Waals surface area contributed by atoms with Crippen LogP contribution in [0.15, 0.2) is 25.6 Å². The first-order valence-electron chi connectivity index (χ1n) is 4.43. The molecule has 0 radical (unpaired) electrons. The summed E-state index contributed by atoms with van der Waals surface area (Å²) in [4.78, 5) is 10.5. The van der Waals surface area contributed by atoms with Gasteiger partial charge in [0.25, 0.3) is 0 Å². The highest BCUT2D eigenvalue weighted by atomic mass is 79.9.